The van der Waals surface area contributed by atoms with Crippen molar-refractivity contribution < 1.29 is 10.0 Å². The van der Waals surface area contributed by atoms with E-state index in [0.29, 0.717) is 11.4 Å². The van der Waals surface area contributed by atoms with Crippen LogP contribution in [0.4, 0.5) is 5.95 Å². The molecule has 0 amide bonds. The van der Waals surface area contributed by atoms with Gasteiger partial charge < -0.3 is 14.9 Å². The zero-order valence-electron chi connectivity index (χ0n) is 7.38. The number of halogens is 1. The largest absolute Gasteiger partial charge is 0.491 e. The van der Waals surface area contributed by atoms with Gasteiger partial charge in [0.15, 0.2) is 0 Å². The quantitative estimate of drug-likeness (QED) is 0.581. The van der Waals surface area contributed by atoms with Gasteiger partial charge in [-0.05, 0) is 0 Å². The number of hydrogen-bond donors (Lipinski definition) is 2. The average molecular weight is 203 g/mol. The van der Waals surface area contributed by atoms with Crippen molar-refractivity contribution >= 4 is 30.9 Å². The highest BCUT2D eigenvalue weighted by Gasteiger charge is 2.11. The molecule has 0 aromatic carbocycles. The summed E-state index contributed by atoms with van der Waals surface area (Å²) in [7, 11) is 2.12. The summed E-state index contributed by atoms with van der Waals surface area (Å²) in [5, 5.41) is 17.4. The third kappa shape index (κ3) is 3.18. The first-order valence-corrected chi connectivity index (χ1v) is 3.46. The van der Waals surface area contributed by atoms with Gasteiger partial charge in [0.05, 0.1) is 0 Å². The Bertz CT molecular complexity index is 228. The van der Waals surface area contributed by atoms with Crippen molar-refractivity contribution in [3.8, 4) is 0 Å². The minimum absolute atomic E-state index is 0. The highest BCUT2D eigenvalue weighted by atomic mass is 35.5. The predicted octanol–water partition coefficient (Wildman–Crippen LogP) is -1.36. The van der Waals surface area contributed by atoms with Crippen molar-refractivity contribution in [2.75, 3.05) is 19.0 Å². The van der Waals surface area contributed by atoms with E-state index in [1.54, 1.807) is 4.90 Å². The second-order valence-electron chi connectivity index (χ2n) is 2.58. The van der Waals surface area contributed by atoms with Crippen LogP contribution in [0.15, 0.2) is 12.4 Å². The lowest BCUT2D eigenvalue weighted by Crippen LogP contribution is -2.31. The molecule has 72 valence electrons. The van der Waals surface area contributed by atoms with E-state index in [2.05, 4.69) is 9.97 Å². The van der Waals surface area contributed by atoms with Crippen LogP contribution >= 0.6 is 12.4 Å². The lowest BCUT2D eigenvalue weighted by atomic mass is 9.83. The Balaban J connectivity index is 0.00000144. The van der Waals surface area contributed by atoms with E-state index in [4.69, 9.17) is 10.0 Å². The molecule has 0 fully saturated rings. The molecule has 13 heavy (non-hydrogen) atoms. The van der Waals surface area contributed by atoms with Crippen LogP contribution in [-0.4, -0.2) is 41.2 Å². The zero-order valence-corrected chi connectivity index (χ0v) is 8.19. The van der Waals surface area contributed by atoms with Crippen molar-refractivity contribution in [3.63, 3.8) is 0 Å². The van der Waals surface area contributed by atoms with Gasteiger partial charge in [0, 0.05) is 32.0 Å². The van der Waals surface area contributed by atoms with E-state index in [0.717, 1.165) is 0 Å². The van der Waals surface area contributed by atoms with Gasteiger partial charge in [0.2, 0.25) is 5.95 Å². The van der Waals surface area contributed by atoms with Gasteiger partial charge >= 0.3 is 7.12 Å². The van der Waals surface area contributed by atoms with Crippen molar-refractivity contribution in [1.29, 1.82) is 0 Å². The van der Waals surface area contributed by atoms with E-state index in [1.807, 2.05) is 14.1 Å². The first-order valence-electron chi connectivity index (χ1n) is 3.46. The molecular weight excluding hydrogens is 192 g/mol. The molecule has 0 atom stereocenters. The molecule has 0 bridgehead atoms. The summed E-state index contributed by atoms with van der Waals surface area (Å²) in [6.07, 6.45) is 2.76. The molecule has 0 saturated heterocycles. The Hall–Kier alpha value is -0.845. The van der Waals surface area contributed by atoms with Crippen molar-refractivity contribution in [2.24, 2.45) is 0 Å². The molecule has 0 aliphatic heterocycles. The van der Waals surface area contributed by atoms with E-state index in [1.165, 1.54) is 12.4 Å². The summed E-state index contributed by atoms with van der Waals surface area (Å²) < 4.78 is 0. The van der Waals surface area contributed by atoms with Crippen LogP contribution in [-0.2, 0) is 0 Å². The summed E-state index contributed by atoms with van der Waals surface area (Å²) in [5.41, 5.74) is 0.292. The normalized spacial score (nSPS) is 8.92. The Kier molecular flexibility index (Phi) is 4.68. The molecule has 0 saturated carbocycles. The smallest absolute Gasteiger partial charge is 0.423 e. The van der Waals surface area contributed by atoms with Crippen LogP contribution in [0.3, 0.4) is 0 Å². The highest BCUT2D eigenvalue weighted by molar-refractivity contribution is 6.58. The van der Waals surface area contributed by atoms with Crippen molar-refractivity contribution in [2.45, 2.75) is 0 Å². The fraction of sp³-hybridized carbons (Fsp3) is 0.333. The molecule has 1 aromatic heterocycles. The Morgan fingerprint density at radius 2 is 1.69 bits per heavy atom. The summed E-state index contributed by atoms with van der Waals surface area (Å²) in [6, 6.07) is 0. The standard InChI is InChI=1S/C6H10BN3O2.ClH/c1-10(2)6-8-3-5(4-9-6)7(11)12;/h3-4,11-12H,1-2H3;1H. The monoisotopic (exact) mass is 203 g/mol. The SMILES string of the molecule is CN(C)c1ncc(B(O)O)cn1.Cl. The number of rotatable bonds is 2. The highest BCUT2D eigenvalue weighted by Crippen LogP contribution is 1.96. The zero-order chi connectivity index (χ0) is 9.14. The minimum atomic E-state index is -1.50. The molecule has 7 heteroatoms. The van der Waals surface area contributed by atoms with Gasteiger partial charge in [-0.2, -0.15) is 0 Å². The second-order valence-corrected chi connectivity index (χ2v) is 2.58. The predicted molar refractivity (Wildman–Crippen MR) is 53.4 cm³/mol. The molecule has 0 aliphatic rings. The molecule has 1 heterocycles. The van der Waals surface area contributed by atoms with Gasteiger partial charge in [-0.3, -0.25) is 0 Å². The van der Waals surface area contributed by atoms with Crippen LogP contribution in [0.25, 0.3) is 0 Å². The molecule has 2 N–H and O–H groups in total. The summed E-state index contributed by atoms with van der Waals surface area (Å²) in [5.74, 6) is 0.541. The Morgan fingerprint density at radius 3 is 2.00 bits per heavy atom. The van der Waals surface area contributed by atoms with Crippen LogP contribution in [0, 0.1) is 0 Å². The van der Waals surface area contributed by atoms with Gasteiger partial charge in [-0.25, -0.2) is 9.97 Å². The van der Waals surface area contributed by atoms with Crippen LogP contribution in [0.2, 0.25) is 0 Å². The molecule has 0 unspecified atom stereocenters. The number of nitrogens with zero attached hydrogens (tertiary/aromatic N) is 3. The summed E-state index contributed by atoms with van der Waals surface area (Å²) >= 11 is 0. The number of hydrogen-bond acceptors (Lipinski definition) is 5. The van der Waals surface area contributed by atoms with Crippen LogP contribution < -0.4 is 10.4 Å². The van der Waals surface area contributed by atoms with Crippen molar-refractivity contribution in [1.82, 2.24) is 9.97 Å². The molecule has 0 radical (unpaired) electrons. The van der Waals surface area contributed by atoms with Gasteiger partial charge in [-0.1, -0.05) is 0 Å². The van der Waals surface area contributed by atoms with Gasteiger partial charge in [-0.15, -0.1) is 12.4 Å². The third-order valence-corrected chi connectivity index (χ3v) is 1.36. The lowest BCUT2D eigenvalue weighted by molar-refractivity contribution is 0.425. The first-order chi connectivity index (χ1) is 5.61. The fourth-order valence-corrected chi connectivity index (χ4v) is 0.695. The van der Waals surface area contributed by atoms with Crippen LogP contribution in [0.5, 0.6) is 0 Å². The minimum Gasteiger partial charge on any atom is -0.423 e. The molecule has 5 nitrogen and oxygen atoms in total. The molecule has 0 spiro atoms. The Morgan fingerprint density at radius 1 is 1.23 bits per heavy atom. The molecule has 0 aliphatic carbocycles. The van der Waals surface area contributed by atoms with Crippen LogP contribution in [0.1, 0.15) is 0 Å². The first kappa shape index (κ1) is 12.2. The van der Waals surface area contributed by atoms with Crippen molar-refractivity contribution in [3.05, 3.63) is 12.4 Å². The topological polar surface area (TPSA) is 69.5 Å². The maximum Gasteiger partial charge on any atom is 0.491 e. The molecular formula is C6H11BClN3O2. The van der Waals surface area contributed by atoms with E-state index in [9.17, 15) is 0 Å². The Labute approximate surface area is 83.0 Å². The summed E-state index contributed by atoms with van der Waals surface area (Å²) in [4.78, 5) is 9.52. The molecule has 1 aromatic rings. The maximum atomic E-state index is 8.72. The lowest BCUT2D eigenvalue weighted by Gasteiger charge is -2.09. The fourth-order valence-electron chi connectivity index (χ4n) is 0.695. The van der Waals surface area contributed by atoms with Gasteiger partial charge in [0.25, 0.3) is 0 Å². The number of aromatic nitrogens is 2. The van der Waals surface area contributed by atoms with Gasteiger partial charge in [0.1, 0.15) is 0 Å². The van der Waals surface area contributed by atoms with E-state index in [-0.39, 0.29) is 12.4 Å². The van der Waals surface area contributed by atoms with E-state index < -0.39 is 7.12 Å². The third-order valence-electron chi connectivity index (χ3n) is 1.36. The second kappa shape index (κ2) is 5.01. The average Bonchev–Trinajstić information content (AvgIpc) is 2.04. The summed E-state index contributed by atoms with van der Waals surface area (Å²) in [6.45, 7) is 0. The van der Waals surface area contributed by atoms with E-state index >= 15 is 0 Å². The number of anilines is 1. The maximum absolute atomic E-state index is 8.72. The molecule has 1 rings (SSSR count).